The van der Waals surface area contributed by atoms with Gasteiger partial charge in [0.1, 0.15) is 6.54 Å². The third-order valence-electron chi connectivity index (χ3n) is 3.50. The fourth-order valence-electron chi connectivity index (χ4n) is 2.33. The molecule has 0 bridgehead atoms. The van der Waals surface area contributed by atoms with E-state index in [0.717, 1.165) is 11.1 Å². The van der Waals surface area contributed by atoms with E-state index in [9.17, 15) is 13.6 Å². The molecule has 0 unspecified atom stereocenters. The van der Waals surface area contributed by atoms with E-state index in [-0.39, 0.29) is 6.54 Å². The normalized spacial score (nSPS) is 10.9. The van der Waals surface area contributed by atoms with Crippen molar-refractivity contribution in [1.29, 1.82) is 0 Å². The van der Waals surface area contributed by atoms with E-state index in [4.69, 9.17) is 0 Å². The number of alkyl halides is 2. The van der Waals surface area contributed by atoms with Crippen LogP contribution in [0.1, 0.15) is 5.56 Å². The Bertz CT molecular complexity index is 915. The Morgan fingerprint density at radius 1 is 1.19 bits per heavy atom. The molecular weight excluding hydrogens is 360 g/mol. The van der Waals surface area contributed by atoms with Gasteiger partial charge in [-0.25, -0.2) is 0 Å². The first kappa shape index (κ1) is 18.0. The Morgan fingerprint density at radius 2 is 1.92 bits per heavy atom. The minimum absolute atomic E-state index is 0.174. The first-order chi connectivity index (χ1) is 12.5. The molecule has 0 aliphatic rings. The number of hydrogen-bond donors (Lipinski definition) is 1. The van der Waals surface area contributed by atoms with Crippen LogP contribution in [0.25, 0.3) is 11.4 Å². The predicted molar refractivity (Wildman–Crippen MR) is 94.9 cm³/mol. The quantitative estimate of drug-likeness (QED) is 0.667. The van der Waals surface area contributed by atoms with Gasteiger partial charge in [0.05, 0.1) is 5.69 Å². The lowest BCUT2D eigenvalue weighted by Gasteiger charge is -2.09. The number of nitrogens with one attached hydrogen (secondary N) is 1. The van der Waals surface area contributed by atoms with Gasteiger partial charge in [-0.1, -0.05) is 48.2 Å². The summed E-state index contributed by atoms with van der Waals surface area (Å²) >= 11 is 0.378. The molecule has 2 aromatic carbocycles. The zero-order valence-corrected chi connectivity index (χ0v) is 14.6. The molecule has 1 amide bonds. The van der Waals surface area contributed by atoms with Crippen molar-refractivity contribution in [3.8, 4) is 11.4 Å². The summed E-state index contributed by atoms with van der Waals surface area (Å²) in [6.45, 7) is 1.76. The van der Waals surface area contributed by atoms with E-state index in [0.29, 0.717) is 28.2 Å². The van der Waals surface area contributed by atoms with E-state index < -0.39 is 11.7 Å². The van der Waals surface area contributed by atoms with Gasteiger partial charge in [-0.2, -0.15) is 13.6 Å². The summed E-state index contributed by atoms with van der Waals surface area (Å²) < 4.78 is 25.2. The molecule has 1 heterocycles. The van der Waals surface area contributed by atoms with Crippen molar-refractivity contribution in [2.24, 2.45) is 0 Å². The van der Waals surface area contributed by atoms with Crippen molar-refractivity contribution >= 4 is 23.4 Å². The molecule has 1 N–H and O–H groups in total. The number of tetrazole rings is 1. The van der Waals surface area contributed by atoms with Crippen LogP contribution in [0, 0.1) is 6.92 Å². The van der Waals surface area contributed by atoms with E-state index in [1.807, 2.05) is 31.2 Å². The van der Waals surface area contributed by atoms with Gasteiger partial charge in [0.15, 0.2) is 0 Å². The van der Waals surface area contributed by atoms with Gasteiger partial charge in [-0.3, -0.25) is 4.79 Å². The highest BCUT2D eigenvalue weighted by atomic mass is 32.2. The predicted octanol–water partition coefficient (Wildman–Crippen LogP) is 3.60. The Morgan fingerprint density at radius 3 is 2.69 bits per heavy atom. The number of aromatic nitrogens is 4. The highest BCUT2D eigenvalue weighted by Crippen LogP contribution is 2.31. The molecule has 6 nitrogen and oxygen atoms in total. The SMILES string of the molecule is Cc1ccccc1-c1nnn(CC(=O)Nc2ccccc2SC(F)F)n1. The lowest BCUT2D eigenvalue weighted by molar-refractivity contribution is -0.117. The van der Waals surface area contributed by atoms with Crippen molar-refractivity contribution in [2.45, 2.75) is 24.1 Å². The van der Waals surface area contributed by atoms with E-state index in [2.05, 4.69) is 20.7 Å². The maximum atomic E-state index is 12.6. The fraction of sp³-hybridized carbons (Fsp3) is 0.176. The molecule has 26 heavy (non-hydrogen) atoms. The van der Waals surface area contributed by atoms with Crippen LogP contribution in [-0.2, 0) is 11.3 Å². The summed E-state index contributed by atoms with van der Waals surface area (Å²) in [5, 5.41) is 14.6. The number of carbonyl (C=O) groups excluding carboxylic acids is 1. The molecule has 3 aromatic rings. The molecule has 0 saturated carbocycles. The summed E-state index contributed by atoms with van der Waals surface area (Å²) in [6, 6.07) is 14.0. The zero-order valence-electron chi connectivity index (χ0n) is 13.8. The molecule has 0 spiro atoms. The van der Waals surface area contributed by atoms with Crippen LogP contribution in [0.5, 0.6) is 0 Å². The van der Waals surface area contributed by atoms with Crippen LogP contribution in [0.2, 0.25) is 0 Å². The van der Waals surface area contributed by atoms with Crippen molar-refractivity contribution in [3.63, 3.8) is 0 Å². The van der Waals surface area contributed by atoms with Crippen LogP contribution < -0.4 is 5.32 Å². The van der Waals surface area contributed by atoms with Gasteiger partial charge in [0.2, 0.25) is 11.7 Å². The highest BCUT2D eigenvalue weighted by molar-refractivity contribution is 7.99. The Hall–Kier alpha value is -2.81. The van der Waals surface area contributed by atoms with Crippen LogP contribution in [0.3, 0.4) is 0 Å². The number of anilines is 1. The lowest BCUT2D eigenvalue weighted by Crippen LogP contribution is -2.20. The molecule has 0 aliphatic carbocycles. The van der Waals surface area contributed by atoms with Gasteiger partial charge >= 0.3 is 0 Å². The molecule has 0 saturated heterocycles. The standard InChI is InChI=1S/C17H15F2N5OS/c1-11-6-2-3-7-12(11)16-21-23-24(22-16)10-15(25)20-13-8-4-5-9-14(13)26-17(18)19/h2-9,17H,10H2,1H3,(H,20,25). The second kappa shape index (κ2) is 8.05. The van der Waals surface area contributed by atoms with Gasteiger partial charge in [0, 0.05) is 10.5 Å². The number of amides is 1. The largest absolute Gasteiger partial charge is 0.323 e. The zero-order chi connectivity index (χ0) is 18.5. The molecule has 0 atom stereocenters. The maximum absolute atomic E-state index is 12.6. The fourth-order valence-corrected chi connectivity index (χ4v) is 2.92. The van der Waals surface area contributed by atoms with Crippen LogP contribution in [0.15, 0.2) is 53.4 Å². The minimum Gasteiger partial charge on any atom is -0.323 e. The van der Waals surface area contributed by atoms with Gasteiger partial charge in [-0.15, -0.1) is 10.2 Å². The summed E-state index contributed by atoms with van der Waals surface area (Å²) in [5.41, 5.74) is 2.15. The summed E-state index contributed by atoms with van der Waals surface area (Å²) in [4.78, 5) is 13.7. The number of nitrogens with zero attached hydrogens (tertiary/aromatic N) is 4. The molecule has 0 fully saturated rings. The Labute approximate surface area is 152 Å². The molecule has 9 heteroatoms. The van der Waals surface area contributed by atoms with Crippen LogP contribution in [0.4, 0.5) is 14.5 Å². The summed E-state index contributed by atoms with van der Waals surface area (Å²) in [6.07, 6.45) is 0. The summed E-state index contributed by atoms with van der Waals surface area (Å²) in [7, 11) is 0. The Balaban J connectivity index is 1.69. The van der Waals surface area contributed by atoms with Gasteiger partial charge in [0.25, 0.3) is 5.76 Å². The van der Waals surface area contributed by atoms with Crippen molar-refractivity contribution in [3.05, 3.63) is 54.1 Å². The number of thioether (sulfide) groups is 1. The van der Waals surface area contributed by atoms with Crippen LogP contribution >= 0.6 is 11.8 Å². The topological polar surface area (TPSA) is 72.7 Å². The third-order valence-corrected chi connectivity index (χ3v) is 4.29. The number of carbonyl (C=O) groups is 1. The molecule has 3 rings (SSSR count). The smallest absolute Gasteiger partial charge is 0.288 e. The van der Waals surface area contributed by atoms with Gasteiger partial charge in [-0.05, 0) is 29.8 Å². The molecule has 0 aliphatic heterocycles. The number of rotatable bonds is 6. The summed E-state index contributed by atoms with van der Waals surface area (Å²) in [5.74, 6) is -2.58. The molecule has 1 aromatic heterocycles. The second-order valence-electron chi connectivity index (χ2n) is 5.38. The van der Waals surface area contributed by atoms with Crippen molar-refractivity contribution in [1.82, 2.24) is 20.2 Å². The van der Waals surface area contributed by atoms with E-state index >= 15 is 0 Å². The monoisotopic (exact) mass is 375 g/mol. The first-order valence-corrected chi connectivity index (χ1v) is 8.58. The maximum Gasteiger partial charge on any atom is 0.288 e. The number of hydrogen-bond acceptors (Lipinski definition) is 5. The third kappa shape index (κ3) is 4.42. The second-order valence-corrected chi connectivity index (χ2v) is 6.41. The lowest BCUT2D eigenvalue weighted by atomic mass is 10.1. The number of benzene rings is 2. The highest BCUT2D eigenvalue weighted by Gasteiger charge is 2.14. The average molecular weight is 375 g/mol. The average Bonchev–Trinajstić information content (AvgIpc) is 3.04. The van der Waals surface area contributed by atoms with Crippen molar-refractivity contribution in [2.75, 3.05) is 5.32 Å². The molecule has 0 radical (unpaired) electrons. The number of halogens is 2. The molecule has 134 valence electrons. The minimum atomic E-state index is -2.57. The van der Waals surface area contributed by atoms with Crippen LogP contribution in [-0.4, -0.2) is 31.9 Å². The van der Waals surface area contributed by atoms with Crippen molar-refractivity contribution < 1.29 is 13.6 Å². The van der Waals surface area contributed by atoms with Gasteiger partial charge < -0.3 is 5.32 Å². The molecular formula is C17H15F2N5OS. The number of aryl methyl sites for hydroxylation is 1. The van der Waals surface area contributed by atoms with E-state index in [1.165, 1.54) is 10.9 Å². The van der Waals surface area contributed by atoms with E-state index in [1.54, 1.807) is 18.2 Å². The first-order valence-electron chi connectivity index (χ1n) is 7.70. The Kier molecular flexibility index (Phi) is 5.57. The number of para-hydroxylation sites is 1.